The van der Waals surface area contributed by atoms with Crippen molar-refractivity contribution in [1.29, 1.82) is 0 Å². The van der Waals surface area contributed by atoms with Crippen LogP contribution in [-0.2, 0) is 26.8 Å². The van der Waals surface area contributed by atoms with Crippen LogP contribution in [0, 0.1) is 12.8 Å². The summed E-state index contributed by atoms with van der Waals surface area (Å²) in [4.78, 5) is 13.5. The Hall–Kier alpha value is -2.24. The highest BCUT2D eigenvalue weighted by Crippen LogP contribution is 2.34. The fourth-order valence-electron chi connectivity index (χ4n) is 6.12. The van der Waals surface area contributed by atoms with E-state index in [2.05, 4.69) is 10.0 Å². The summed E-state index contributed by atoms with van der Waals surface area (Å²) in [5, 5.41) is 24.9. The molecule has 4 rings (SSSR count). The highest BCUT2D eigenvalue weighted by Gasteiger charge is 2.33. The number of aromatic nitrogens is 1. The molecule has 1 aliphatic heterocycles. The number of ether oxygens (including phenoxy) is 1. The number of benzene rings is 1. The summed E-state index contributed by atoms with van der Waals surface area (Å²) in [6, 6.07) is 4.99. The Bertz CT molecular complexity index is 1370. The predicted molar refractivity (Wildman–Crippen MR) is 163 cm³/mol. The van der Waals surface area contributed by atoms with Crippen LogP contribution in [-0.4, -0.2) is 60.0 Å². The molecule has 1 amide bonds. The molecule has 9 nitrogen and oxygen atoms in total. The van der Waals surface area contributed by atoms with E-state index in [1.807, 2.05) is 17.7 Å². The molecule has 2 heterocycles. The monoisotopic (exact) mass is 603 g/mol. The van der Waals surface area contributed by atoms with Gasteiger partial charge in [-0.05, 0) is 77.6 Å². The topological polar surface area (TPSA) is 130 Å². The maximum Gasteiger partial charge on any atom is 0.253 e. The number of rotatable bonds is 9. The summed E-state index contributed by atoms with van der Waals surface area (Å²) >= 11 is 0. The van der Waals surface area contributed by atoms with Crippen LogP contribution >= 0.6 is 0 Å². The summed E-state index contributed by atoms with van der Waals surface area (Å²) in [6.45, 7) is 11.5. The number of nitrogens with zero attached hydrogens (tertiary/aromatic N) is 1. The molecule has 1 aromatic heterocycles. The number of carbonyl (C=O) groups is 1. The van der Waals surface area contributed by atoms with Crippen LogP contribution in [0.15, 0.2) is 29.3 Å². The van der Waals surface area contributed by atoms with Gasteiger partial charge in [0.1, 0.15) is 0 Å². The quantitative estimate of drug-likeness (QED) is 0.334. The van der Waals surface area contributed by atoms with Gasteiger partial charge in [-0.3, -0.25) is 4.79 Å². The van der Waals surface area contributed by atoms with Crippen molar-refractivity contribution < 1.29 is 28.2 Å². The Morgan fingerprint density at radius 3 is 2.33 bits per heavy atom. The van der Waals surface area contributed by atoms with Crippen LogP contribution in [0.25, 0.3) is 5.69 Å². The Balaban J connectivity index is 1.75. The summed E-state index contributed by atoms with van der Waals surface area (Å²) in [5.74, 6) is 0.238. The standard InChI is InChI=1S/C32H49N3O6S/c1-22-25(29(36)33-21-32(38)14-16-41-17-15-32)20-35(27(22)18-23-10-8-7-9-11-23)24-12-13-28(26(19-24)31(5,6)37)42(39,40)34-30(2,3)4/h12-13,19-20,23,34,37-38H,7-11,14-18,21H2,1-6H3,(H,33,36). The van der Waals surface area contributed by atoms with E-state index >= 15 is 0 Å². The number of hydrogen-bond donors (Lipinski definition) is 4. The summed E-state index contributed by atoms with van der Waals surface area (Å²) < 4.78 is 36.8. The highest BCUT2D eigenvalue weighted by molar-refractivity contribution is 7.89. The Kier molecular flexibility index (Phi) is 9.65. The molecule has 4 N–H and O–H groups in total. The van der Waals surface area contributed by atoms with Crippen LogP contribution in [0.5, 0.6) is 0 Å². The Labute approximate surface area is 251 Å². The summed E-state index contributed by atoms with van der Waals surface area (Å²) in [7, 11) is -3.92. The van der Waals surface area contributed by atoms with E-state index in [-0.39, 0.29) is 22.9 Å². The molecule has 0 unspecified atom stereocenters. The number of sulfonamides is 1. The third-order valence-electron chi connectivity index (χ3n) is 8.47. The van der Waals surface area contributed by atoms with Crippen molar-refractivity contribution in [3.05, 3.63) is 46.8 Å². The molecular weight excluding hydrogens is 554 g/mol. The van der Waals surface area contributed by atoms with Gasteiger partial charge < -0.3 is 24.8 Å². The summed E-state index contributed by atoms with van der Waals surface area (Å²) in [5.41, 5.74) is 0.223. The third-order valence-corrected chi connectivity index (χ3v) is 10.3. The lowest BCUT2D eigenvalue weighted by molar-refractivity contribution is -0.0605. The van der Waals surface area contributed by atoms with E-state index in [0.29, 0.717) is 43.2 Å². The Morgan fingerprint density at radius 2 is 1.74 bits per heavy atom. The first-order valence-electron chi connectivity index (χ1n) is 15.2. The minimum Gasteiger partial charge on any atom is -0.388 e. The molecule has 42 heavy (non-hydrogen) atoms. The molecule has 2 fully saturated rings. The average Bonchev–Trinajstić information content (AvgIpc) is 3.22. The Morgan fingerprint density at radius 1 is 1.10 bits per heavy atom. The van der Waals surface area contributed by atoms with Gasteiger partial charge in [-0.25, -0.2) is 13.1 Å². The van der Waals surface area contributed by atoms with E-state index in [0.717, 1.165) is 30.5 Å². The van der Waals surface area contributed by atoms with Gasteiger partial charge in [0.05, 0.1) is 21.7 Å². The maximum absolute atomic E-state index is 13.5. The van der Waals surface area contributed by atoms with Crippen LogP contribution in [0.2, 0.25) is 0 Å². The second-order valence-corrected chi connectivity index (χ2v) is 15.5. The van der Waals surface area contributed by atoms with Gasteiger partial charge in [-0.2, -0.15) is 0 Å². The number of carbonyl (C=O) groups excluding carboxylic acids is 1. The lowest BCUT2D eigenvalue weighted by Crippen LogP contribution is -2.46. The first-order valence-corrected chi connectivity index (χ1v) is 16.7. The molecule has 0 radical (unpaired) electrons. The predicted octanol–water partition coefficient (Wildman–Crippen LogP) is 4.48. The lowest BCUT2D eigenvalue weighted by Gasteiger charge is -2.32. The lowest BCUT2D eigenvalue weighted by atomic mass is 9.85. The minimum atomic E-state index is -3.92. The molecule has 0 bridgehead atoms. The van der Waals surface area contributed by atoms with Crippen LogP contribution in [0.3, 0.4) is 0 Å². The van der Waals surface area contributed by atoms with E-state index < -0.39 is 26.8 Å². The first kappa shape index (κ1) is 32.7. The number of hydrogen-bond acceptors (Lipinski definition) is 6. The second kappa shape index (κ2) is 12.4. The SMILES string of the molecule is Cc1c(C(=O)NCC2(O)CCOCC2)cn(-c2ccc(S(=O)(=O)NC(C)(C)C)c(C(C)(C)O)c2)c1CC1CCCCC1. The van der Waals surface area contributed by atoms with Crippen LogP contribution in [0.1, 0.15) is 107 Å². The molecule has 10 heteroatoms. The van der Waals surface area contributed by atoms with Gasteiger partial charge in [-0.15, -0.1) is 0 Å². The van der Waals surface area contributed by atoms with Crippen molar-refractivity contribution in [2.45, 2.75) is 115 Å². The maximum atomic E-state index is 13.5. The second-order valence-electron chi connectivity index (χ2n) is 13.8. The molecular formula is C32H49N3O6S. The summed E-state index contributed by atoms with van der Waals surface area (Å²) in [6.07, 6.45) is 9.43. The molecule has 1 aliphatic carbocycles. The van der Waals surface area contributed by atoms with Crippen LogP contribution in [0.4, 0.5) is 0 Å². The normalized spacial score (nSPS) is 18.7. The molecule has 1 saturated heterocycles. The smallest absolute Gasteiger partial charge is 0.253 e. The van der Waals surface area contributed by atoms with Gasteiger partial charge in [0.2, 0.25) is 10.0 Å². The van der Waals surface area contributed by atoms with Gasteiger partial charge >= 0.3 is 0 Å². The van der Waals surface area contributed by atoms with Crippen molar-refractivity contribution in [1.82, 2.24) is 14.6 Å². The van der Waals surface area contributed by atoms with Crippen molar-refractivity contribution >= 4 is 15.9 Å². The minimum absolute atomic E-state index is 0.0223. The van der Waals surface area contributed by atoms with Gasteiger partial charge in [0, 0.05) is 61.3 Å². The fourth-order valence-corrected chi connectivity index (χ4v) is 7.88. The van der Waals surface area contributed by atoms with Crippen molar-refractivity contribution in [2.24, 2.45) is 5.92 Å². The van der Waals surface area contributed by atoms with Gasteiger partial charge in [0.25, 0.3) is 5.91 Å². The first-order chi connectivity index (χ1) is 19.5. The number of nitrogens with one attached hydrogen (secondary N) is 2. The molecule has 1 aromatic carbocycles. The van der Waals surface area contributed by atoms with E-state index in [1.54, 1.807) is 46.8 Å². The van der Waals surface area contributed by atoms with Crippen molar-refractivity contribution in [2.75, 3.05) is 19.8 Å². The molecule has 2 aliphatic rings. The molecule has 0 atom stereocenters. The zero-order valence-electron chi connectivity index (χ0n) is 26.0. The number of aliphatic hydroxyl groups is 2. The third kappa shape index (κ3) is 7.82. The van der Waals surface area contributed by atoms with Crippen molar-refractivity contribution in [3.63, 3.8) is 0 Å². The average molecular weight is 604 g/mol. The van der Waals surface area contributed by atoms with Gasteiger partial charge in [0.15, 0.2) is 0 Å². The molecule has 1 saturated carbocycles. The molecule has 2 aromatic rings. The molecule has 0 spiro atoms. The van der Waals surface area contributed by atoms with E-state index in [1.165, 1.54) is 25.3 Å². The highest BCUT2D eigenvalue weighted by atomic mass is 32.2. The van der Waals surface area contributed by atoms with Crippen molar-refractivity contribution in [3.8, 4) is 5.69 Å². The van der Waals surface area contributed by atoms with Crippen LogP contribution < -0.4 is 10.0 Å². The van der Waals surface area contributed by atoms with E-state index in [9.17, 15) is 23.4 Å². The molecule has 234 valence electrons. The van der Waals surface area contributed by atoms with E-state index in [4.69, 9.17) is 4.74 Å². The fraction of sp³-hybridized carbons (Fsp3) is 0.656. The largest absolute Gasteiger partial charge is 0.388 e. The van der Waals surface area contributed by atoms with Gasteiger partial charge in [-0.1, -0.05) is 32.1 Å². The number of amides is 1. The zero-order valence-corrected chi connectivity index (χ0v) is 26.9. The zero-order chi connectivity index (χ0) is 30.9.